The van der Waals surface area contributed by atoms with Gasteiger partial charge in [-0.1, -0.05) is 24.3 Å². The number of anilines is 1. The van der Waals surface area contributed by atoms with Gasteiger partial charge >= 0.3 is 6.18 Å². The predicted octanol–water partition coefficient (Wildman–Crippen LogP) is 4.82. The summed E-state index contributed by atoms with van der Waals surface area (Å²) in [5.41, 5.74) is 3.76. The fourth-order valence-electron chi connectivity index (χ4n) is 2.76. The molecule has 5 nitrogen and oxygen atoms in total. The van der Waals surface area contributed by atoms with Crippen LogP contribution in [0.1, 0.15) is 11.1 Å². The molecule has 4 rings (SSSR count). The van der Waals surface area contributed by atoms with Gasteiger partial charge in [0, 0.05) is 18.3 Å². The van der Waals surface area contributed by atoms with Crippen LogP contribution in [0.15, 0.2) is 54.4 Å². The number of nitrogens with one attached hydrogen (secondary N) is 1. The van der Waals surface area contributed by atoms with Gasteiger partial charge in [-0.05, 0) is 24.1 Å². The molecule has 4 aromatic rings. The van der Waals surface area contributed by atoms with Gasteiger partial charge in [0.25, 0.3) is 0 Å². The number of halogens is 3. The summed E-state index contributed by atoms with van der Waals surface area (Å²) in [4.78, 5) is 17.5. The van der Waals surface area contributed by atoms with Gasteiger partial charge < -0.3 is 5.32 Å². The molecular weight excluding hydrogens is 387 g/mol. The van der Waals surface area contributed by atoms with Crippen molar-refractivity contribution in [3.63, 3.8) is 0 Å². The SMILES string of the molecule is FC(F)(F)c1ccnc(-c2ccc(CCNc3ncnc4scnc34)cc2)c1. The highest BCUT2D eigenvalue weighted by Crippen LogP contribution is 2.31. The topological polar surface area (TPSA) is 63.6 Å². The van der Waals surface area contributed by atoms with Crippen molar-refractivity contribution in [3.8, 4) is 11.3 Å². The Hall–Kier alpha value is -3.07. The maximum Gasteiger partial charge on any atom is 0.416 e. The molecule has 0 radical (unpaired) electrons. The molecule has 142 valence electrons. The van der Waals surface area contributed by atoms with Crippen LogP contribution < -0.4 is 5.32 Å². The summed E-state index contributed by atoms with van der Waals surface area (Å²) in [5.74, 6) is 0.691. The van der Waals surface area contributed by atoms with E-state index < -0.39 is 11.7 Å². The lowest BCUT2D eigenvalue weighted by Crippen LogP contribution is -2.07. The third-order valence-electron chi connectivity index (χ3n) is 4.18. The Bertz CT molecular complexity index is 1090. The van der Waals surface area contributed by atoms with Crippen molar-refractivity contribution >= 4 is 27.5 Å². The van der Waals surface area contributed by atoms with E-state index in [0.29, 0.717) is 23.6 Å². The van der Waals surface area contributed by atoms with Gasteiger partial charge in [-0.3, -0.25) is 4.98 Å². The molecule has 1 N–H and O–H groups in total. The van der Waals surface area contributed by atoms with Gasteiger partial charge in [0.05, 0.1) is 16.8 Å². The average molecular weight is 401 g/mol. The van der Waals surface area contributed by atoms with Gasteiger partial charge in [0.2, 0.25) is 0 Å². The third kappa shape index (κ3) is 3.94. The first-order valence-electron chi connectivity index (χ1n) is 8.41. The number of fused-ring (bicyclic) bond motifs is 1. The van der Waals surface area contributed by atoms with E-state index in [0.717, 1.165) is 34.5 Å². The van der Waals surface area contributed by atoms with E-state index in [9.17, 15) is 13.2 Å². The highest BCUT2D eigenvalue weighted by molar-refractivity contribution is 7.16. The van der Waals surface area contributed by atoms with Gasteiger partial charge in [-0.25, -0.2) is 15.0 Å². The van der Waals surface area contributed by atoms with Crippen LogP contribution in [0.2, 0.25) is 0 Å². The van der Waals surface area contributed by atoms with E-state index in [4.69, 9.17) is 0 Å². The van der Waals surface area contributed by atoms with Crippen LogP contribution in [0.3, 0.4) is 0 Å². The van der Waals surface area contributed by atoms with Crippen molar-refractivity contribution in [1.29, 1.82) is 0 Å². The first kappa shape index (κ1) is 18.3. The summed E-state index contributed by atoms with van der Waals surface area (Å²) in [7, 11) is 0. The second-order valence-electron chi connectivity index (χ2n) is 6.03. The Kier molecular flexibility index (Phi) is 4.91. The van der Waals surface area contributed by atoms with Crippen molar-refractivity contribution in [2.24, 2.45) is 0 Å². The normalized spacial score (nSPS) is 11.7. The van der Waals surface area contributed by atoms with Crippen molar-refractivity contribution in [3.05, 3.63) is 65.6 Å². The van der Waals surface area contributed by atoms with Crippen molar-refractivity contribution < 1.29 is 13.2 Å². The van der Waals surface area contributed by atoms with Gasteiger partial charge in [-0.15, -0.1) is 11.3 Å². The maximum absolute atomic E-state index is 12.9. The van der Waals surface area contributed by atoms with Crippen LogP contribution in [0.4, 0.5) is 19.0 Å². The second-order valence-corrected chi connectivity index (χ2v) is 6.86. The molecule has 0 atom stereocenters. The number of pyridine rings is 1. The number of hydrogen-bond acceptors (Lipinski definition) is 6. The highest BCUT2D eigenvalue weighted by atomic mass is 32.1. The van der Waals surface area contributed by atoms with E-state index >= 15 is 0 Å². The number of benzene rings is 1. The van der Waals surface area contributed by atoms with E-state index in [1.807, 2.05) is 12.1 Å². The maximum atomic E-state index is 12.9. The lowest BCUT2D eigenvalue weighted by Gasteiger charge is -2.09. The summed E-state index contributed by atoms with van der Waals surface area (Å²) in [5, 5.41) is 3.25. The Morgan fingerprint density at radius 2 is 1.79 bits per heavy atom. The Balaban J connectivity index is 1.42. The molecular formula is C19H14F3N5S. The average Bonchev–Trinajstić information content (AvgIpc) is 3.18. The number of nitrogens with zero attached hydrogens (tertiary/aromatic N) is 4. The molecule has 3 heterocycles. The zero-order valence-electron chi connectivity index (χ0n) is 14.4. The van der Waals surface area contributed by atoms with E-state index in [-0.39, 0.29) is 0 Å². The molecule has 3 aromatic heterocycles. The van der Waals surface area contributed by atoms with Gasteiger partial charge in [0.1, 0.15) is 16.7 Å². The molecule has 28 heavy (non-hydrogen) atoms. The van der Waals surface area contributed by atoms with Crippen LogP contribution in [-0.2, 0) is 12.6 Å². The summed E-state index contributed by atoms with van der Waals surface area (Å²) in [6.07, 6.45) is -0.977. The Morgan fingerprint density at radius 3 is 2.57 bits per heavy atom. The number of alkyl halides is 3. The minimum atomic E-state index is -4.38. The molecule has 0 aliphatic heterocycles. The van der Waals surface area contributed by atoms with Gasteiger partial charge in [-0.2, -0.15) is 13.2 Å². The number of aromatic nitrogens is 4. The van der Waals surface area contributed by atoms with E-state index in [2.05, 4.69) is 25.3 Å². The van der Waals surface area contributed by atoms with Gasteiger partial charge in [0.15, 0.2) is 5.82 Å². The van der Waals surface area contributed by atoms with Crippen LogP contribution >= 0.6 is 11.3 Å². The fourth-order valence-corrected chi connectivity index (χ4v) is 3.38. The second kappa shape index (κ2) is 7.51. The van der Waals surface area contributed by atoms with Crippen LogP contribution in [0.5, 0.6) is 0 Å². The fraction of sp³-hybridized carbons (Fsp3) is 0.158. The molecule has 0 unspecified atom stereocenters. The first-order chi connectivity index (χ1) is 13.5. The van der Waals surface area contributed by atoms with Crippen molar-refractivity contribution in [1.82, 2.24) is 19.9 Å². The van der Waals surface area contributed by atoms with Crippen LogP contribution in [0, 0.1) is 0 Å². The first-order valence-corrected chi connectivity index (χ1v) is 9.29. The number of hydrogen-bond donors (Lipinski definition) is 1. The predicted molar refractivity (Wildman–Crippen MR) is 102 cm³/mol. The largest absolute Gasteiger partial charge is 0.416 e. The molecule has 0 bridgehead atoms. The zero-order chi connectivity index (χ0) is 19.6. The minimum absolute atomic E-state index is 0.298. The van der Waals surface area contributed by atoms with E-state index in [1.165, 1.54) is 23.9 Å². The third-order valence-corrected chi connectivity index (χ3v) is 4.91. The molecule has 1 aromatic carbocycles. The van der Waals surface area contributed by atoms with Crippen LogP contribution in [0.25, 0.3) is 21.6 Å². The Labute approximate surface area is 162 Å². The zero-order valence-corrected chi connectivity index (χ0v) is 15.3. The summed E-state index contributed by atoms with van der Waals surface area (Å²) in [6.45, 7) is 0.644. The summed E-state index contributed by atoms with van der Waals surface area (Å²) >= 11 is 1.45. The van der Waals surface area contributed by atoms with Crippen LogP contribution in [-0.4, -0.2) is 26.5 Å². The Morgan fingerprint density at radius 1 is 0.964 bits per heavy atom. The minimum Gasteiger partial charge on any atom is -0.368 e. The molecule has 0 fully saturated rings. The smallest absolute Gasteiger partial charge is 0.368 e. The highest BCUT2D eigenvalue weighted by Gasteiger charge is 2.30. The summed E-state index contributed by atoms with van der Waals surface area (Å²) < 4.78 is 38.6. The molecule has 0 saturated carbocycles. The molecule has 0 amide bonds. The number of thiazole rings is 1. The molecule has 0 saturated heterocycles. The van der Waals surface area contributed by atoms with Crippen molar-refractivity contribution in [2.45, 2.75) is 12.6 Å². The monoisotopic (exact) mass is 401 g/mol. The van der Waals surface area contributed by atoms with E-state index in [1.54, 1.807) is 17.6 Å². The molecule has 0 aliphatic carbocycles. The molecule has 0 spiro atoms. The standard InChI is InChI=1S/C19H14F3N5S/c20-19(21,22)14-6-8-23-15(9-14)13-3-1-12(2-4-13)5-7-24-17-16-18(26-10-25-17)28-11-27-16/h1-4,6,8-11H,5,7H2,(H,24,25,26). The quantitative estimate of drug-likeness (QED) is 0.519. The molecule has 0 aliphatic rings. The lowest BCUT2D eigenvalue weighted by molar-refractivity contribution is -0.137. The lowest BCUT2D eigenvalue weighted by atomic mass is 10.1. The van der Waals surface area contributed by atoms with Crippen molar-refractivity contribution in [2.75, 3.05) is 11.9 Å². The molecule has 9 heteroatoms. The summed E-state index contributed by atoms with van der Waals surface area (Å²) in [6, 6.07) is 9.36. The number of rotatable bonds is 5.